The minimum absolute atomic E-state index is 0.146. The number of rotatable bonds is 5. The standard InChI is InChI=1S/C20H20N2O4S/c1-21(2)8-9-22-17(15-5-4-10-27-15)16-18(23)13-7-6-12(25-3)11-14(13)26-19(16)20(22)24/h4-7,10-11,17H,8-9H2,1-3H3/p+1/t17-/m0/s1. The Bertz CT molecular complexity index is 1060. The number of carbonyl (C=O) groups excluding carboxylic acids is 1. The molecule has 1 amide bonds. The summed E-state index contributed by atoms with van der Waals surface area (Å²) in [6.45, 7) is 1.33. The first-order valence-electron chi connectivity index (χ1n) is 8.79. The van der Waals surface area contributed by atoms with Crippen LogP contribution in [0, 0.1) is 0 Å². The van der Waals surface area contributed by atoms with Crippen LogP contribution in [0.3, 0.4) is 0 Å². The highest BCUT2D eigenvalue weighted by molar-refractivity contribution is 7.10. The molecule has 3 heterocycles. The summed E-state index contributed by atoms with van der Waals surface area (Å²) in [5, 5.41) is 2.42. The van der Waals surface area contributed by atoms with Crippen molar-refractivity contribution >= 4 is 28.2 Å². The van der Waals surface area contributed by atoms with Crippen molar-refractivity contribution in [1.82, 2.24) is 4.90 Å². The summed E-state index contributed by atoms with van der Waals surface area (Å²) in [4.78, 5) is 30.4. The first-order chi connectivity index (χ1) is 13.0. The number of ether oxygens (including phenoxy) is 1. The highest BCUT2D eigenvalue weighted by Gasteiger charge is 2.43. The van der Waals surface area contributed by atoms with Gasteiger partial charge in [-0.2, -0.15) is 0 Å². The zero-order valence-corrected chi connectivity index (χ0v) is 16.3. The number of thiophene rings is 1. The summed E-state index contributed by atoms with van der Waals surface area (Å²) >= 11 is 1.54. The summed E-state index contributed by atoms with van der Waals surface area (Å²) in [5.41, 5.74) is 0.658. The molecular formula is C20H21N2O4S+. The fourth-order valence-electron chi connectivity index (χ4n) is 3.44. The third kappa shape index (κ3) is 2.93. The van der Waals surface area contributed by atoms with Gasteiger partial charge in [0, 0.05) is 10.9 Å². The van der Waals surface area contributed by atoms with Crippen molar-refractivity contribution in [3.63, 3.8) is 0 Å². The third-order valence-corrected chi connectivity index (χ3v) is 5.77. The smallest absolute Gasteiger partial charge is 0.291 e. The molecule has 2 aromatic heterocycles. The highest BCUT2D eigenvalue weighted by Crippen LogP contribution is 2.39. The van der Waals surface area contributed by atoms with Crippen LogP contribution in [0.4, 0.5) is 0 Å². The maximum absolute atomic E-state index is 13.3. The molecule has 3 aromatic rings. The van der Waals surface area contributed by atoms with Gasteiger partial charge in [-0.15, -0.1) is 11.3 Å². The summed E-state index contributed by atoms with van der Waals surface area (Å²) in [5.74, 6) is 0.498. The van der Waals surface area contributed by atoms with Gasteiger partial charge < -0.3 is 19.0 Å². The Morgan fingerprint density at radius 3 is 2.74 bits per heavy atom. The molecule has 0 bridgehead atoms. The number of likely N-dealkylation sites (N-methyl/N-ethyl adjacent to an activating group) is 1. The van der Waals surface area contributed by atoms with Gasteiger partial charge in [-0.25, -0.2) is 0 Å². The van der Waals surface area contributed by atoms with Gasteiger partial charge in [0.2, 0.25) is 5.76 Å². The first-order valence-corrected chi connectivity index (χ1v) is 9.67. The van der Waals surface area contributed by atoms with Crippen LogP contribution in [0.5, 0.6) is 5.75 Å². The maximum atomic E-state index is 13.3. The van der Waals surface area contributed by atoms with E-state index in [2.05, 4.69) is 0 Å². The number of hydrogen-bond acceptors (Lipinski definition) is 5. The van der Waals surface area contributed by atoms with Crippen LogP contribution in [-0.4, -0.2) is 45.1 Å². The average molecular weight is 385 g/mol. The molecular weight excluding hydrogens is 364 g/mol. The topological polar surface area (TPSA) is 64.2 Å². The molecule has 0 saturated carbocycles. The van der Waals surface area contributed by atoms with Crippen molar-refractivity contribution in [2.75, 3.05) is 34.3 Å². The molecule has 7 heteroatoms. The normalized spacial score (nSPS) is 16.4. The Morgan fingerprint density at radius 2 is 2.07 bits per heavy atom. The van der Waals surface area contributed by atoms with Crippen LogP contribution in [0.1, 0.15) is 27.0 Å². The molecule has 4 rings (SSSR count). The second kappa shape index (κ2) is 6.83. The predicted molar refractivity (Wildman–Crippen MR) is 104 cm³/mol. The number of quaternary nitrogens is 1. The summed E-state index contributed by atoms with van der Waals surface area (Å²) in [7, 11) is 5.63. The minimum atomic E-state index is -0.394. The van der Waals surface area contributed by atoms with Crippen molar-refractivity contribution in [3.8, 4) is 5.75 Å². The van der Waals surface area contributed by atoms with Gasteiger partial charge in [0.15, 0.2) is 5.43 Å². The summed E-state index contributed by atoms with van der Waals surface area (Å²) in [6.07, 6.45) is 0. The van der Waals surface area contributed by atoms with Crippen LogP contribution in [-0.2, 0) is 0 Å². The molecule has 27 heavy (non-hydrogen) atoms. The molecule has 1 atom stereocenters. The lowest BCUT2D eigenvalue weighted by Crippen LogP contribution is -3.06. The quantitative estimate of drug-likeness (QED) is 0.724. The Balaban J connectivity index is 1.92. The Kier molecular flexibility index (Phi) is 4.49. The summed E-state index contributed by atoms with van der Waals surface area (Å²) < 4.78 is 11.1. The van der Waals surface area contributed by atoms with Crippen molar-refractivity contribution in [3.05, 3.63) is 62.1 Å². The fourth-order valence-corrected chi connectivity index (χ4v) is 4.29. The lowest BCUT2D eigenvalue weighted by molar-refractivity contribution is -0.857. The molecule has 1 aromatic carbocycles. The van der Waals surface area contributed by atoms with E-state index in [1.165, 1.54) is 4.90 Å². The zero-order valence-electron chi connectivity index (χ0n) is 15.4. The van der Waals surface area contributed by atoms with Crippen molar-refractivity contribution < 1.29 is 18.8 Å². The van der Waals surface area contributed by atoms with Gasteiger partial charge in [0.05, 0.1) is 51.3 Å². The van der Waals surface area contributed by atoms with Gasteiger partial charge in [-0.05, 0) is 23.6 Å². The number of nitrogens with zero attached hydrogens (tertiary/aromatic N) is 1. The van der Waals surface area contributed by atoms with Gasteiger partial charge in [-0.1, -0.05) is 6.07 Å². The van der Waals surface area contributed by atoms with Crippen LogP contribution in [0.25, 0.3) is 11.0 Å². The van der Waals surface area contributed by atoms with E-state index in [1.54, 1.807) is 41.5 Å². The second-order valence-electron chi connectivity index (χ2n) is 6.91. The van der Waals surface area contributed by atoms with Crippen molar-refractivity contribution in [1.29, 1.82) is 0 Å². The fraction of sp³-hybridized carbons (Fsp3) is 0.300. The van der Waals surface area contributed by atoms with Crippen LogP contribution in [0.15, 0.2) is 44.9 Å². The van der Waals surface area contributed by atoms with Crippen LogP contribution in [0.2, 0.25) is 0 Å². The first kappa shape index (κ1) is 17.8. The summed E-state index contributed by atoms with van der Waals surface area (Å²) in [6, 6.07) is 8.58. The van der Waals surface area contributed by atoms with Gasteiger partial charge in [0.1, 0.15) is 11.3 Å². The predicted octanol–water partition coefficient (Wildman–Crippen LogP) is 1.55. The molecule has 1 N–H and O–H groups in total. The van der Waals surface area contributed by atoms with E-state index in [9.17, 15) is 9.59 Å². The molecule has 6 nitrogen and oxygen atoms in total. The molecule has 1 aliphatic heterocycles. The minimum Gasteiger partial charge on any atom is -0.497 e. The number of hydrogen-bond donors (Lipinski definition) is 1. The molecule has 0 aliphatic carbocycles. The Morgan fingerprint density at radius 1 is 1.26 bits per heavy atom. The van der Waals surface area contributed by atoms with Gasteiger partial charge >= 0.3 is 0 Å². The molecule has 0 spiro atoms. The van der Waals surface area contributed by atoms with E-state index < -0.39 is 6.04 Å². The van der Waals surface area contributed by atoms with Crippen LogP contribution < -0.4 is 15.1 Å². The van der Waals surface area contributed by atoms with E-state index in [-0.39, 0.29) is 17.1 Å². The SMILES string of the molecule is COc1ccc2c(=O)c3c(oc2c1)C(=O)N(CC[NH+](C)C)[C@H]3c1cccs1. The number of benzene rings is 1. The number of carbonyl (C=O) groups is 1. The highest BCUT2D eigenvalue weighted by atomic mass is 32.1. The zero-order chi connectivity index (χ0) is 19.1. The molecule has 0 saturated heterocycles. The molecule has 0 unspecified atom stereocenters. The van der Waals surface area contributed by atoms with Gasteiger partial charge in [-0.3, -0.25) is 9.59 Å². The van der Waals surface area contributed by atoms with E-state index in [4.69, 9.17) is 9.15 Å². The van der Waals surface area contributed by atoms with E-state index in [0.29, 0.717) is 28.8 Å². The molecule has 1 aliphatic rings. The van der Waals surface area contributed by atoms with E-state index in [1.807, 2.05) is 31.6 Å². The lowest BCUT2D eigenvalue weighted by atomic mass is 10.0. The average Bonchev–Trinajstić information content (AvgIpc) is 3.27. The number of nitrogens with one attached hydrogen (secondary N) is 1. The largest absolute Gasteiger partial charge is 0.497 e. The number of amides is 1. The number of fused-ring (bicyclic) bond motifs is 2. The third-order valence-electron chi connectivity index (χ3n) is 4.84. The monoisotopic (exact) mass is 385 g/mol. The maximum Gasteiger partial charge on any atom is 0.291 e. The molecule has 0 radical (unpaired) electrons. The van der Waals surface area contributed by atoms with Crippen LogP contribution >= 0.6 is 11.3 Å². The number of methoxy groups -OCH3 is 1. The molecule has 0 fully saturated rings. The van der Waals surface area contributed by atoms with E-state index in [0.717, 1.165) is 11.4 Å². The van der Waals surface area contributed by atoms with Gasteiger partial charge in [0.25, 0.3) is 5.91 Å². The lowest BCUT2D eigenvalue weighted by Gasteiger charge is -2.24. The Hall–Kier alpha value is -2.64. The van der Waals surface area contributed by atoms with E-state index >= 15 is 0 Å². The second-order valence-corrected chi connectivity index (χ2v) is 7.89. The Labute approximate surface area is 160 Å². The molecule has 140 valence electrons. The van der Waals surface area contributed by atoms with Crippen molar-refractivity contribution in [2.24, 2.45) is 0 Å². The van der Waals surface area contributed by atoms with Crippen molar-refractivity contribution in [2.45, 2.75) is 6.04 Å².